The zero-order valence-corrected chi connectivity index (χ0v) is 8.67. The Hall–Kier alpha value is -1.51. The van der Waals surface area contributed by atoms with Crippen molar-refractivity contribution in [3.63, 3.8) is 0 Å². The molecule has 0 spiro atoms. The third-order valence-electron chi connectivity index (χ3n) is 1.24. The lowest BCUT2D eigenvalue weighted by molar-refractivity contribution is 1.23. The minimum absolute atomic E-state index is 0.556. The van der Waals surface area contributed by atoms with Gasteiger partial charge in [0.05, 0.1) is 5.71 Å². The summed E-state index contributed by atoms with van der Waals surface area (Å²) in [5.41, 5.74) is 7.43. The number of hydrogen-bond donors (Lipinski definition) is 2. The molecule has 3 heteroatoms. The van der Waals surface area contributed by atoms with E-state index in [0.717, 1.165) is 5.57 Å². The van der Waals surface area contributed by atoms with Gasteiger partial charge in [-0.05, 0) is 13.0 Å². The van der Waals surface area contributed by atoms with Gasteiger partial charge in [0.1, 0.15) is 0 Å². The van der Waals surface area contributed by atoms with Crippen LogP contribution in [0.3, 0.4) is 0 Å². The second-order valence-corrected chi connectivity index (χ2v) is 2.02. The van der Waals surface area contributed by atoms with Crippen LogP contribution in [0.25, 0.3) is 0 Å². The highest BCUT2D eigenvalue weighted by molar-refractivity contribution is 6.10. The number of hydrogen-bond acceptors (Lipinski definition) is 3. The number of rotatable bonds is 3. The predicted octanol–water partition coefficient (Wildman–Crippen LogP) is 1.93. The molecule has 0 atom stereocenters. The first-order valence-corrected chi connectivity index (χ1v) is 4.16. The van der Waals surface area contributed by atoms with Gasteiger partial charge in [0.2, 0.25) is 0 Å². The lowest BCUT2D eigenvalue weighted by Crippen LogP contribution is -2.07. The summed E-state index contributed by atoms with van der Waals surface area (Å²) in [5.74, 6) is 5.08. The van der Waals surface area contributed by atoms with Crippen molar-refractivity contribution in [3.05, 3.63) is 36.6 Å². The van der Waals surface area contributed by atoms with Gasteiger partial charge in [0, 0.05) is 11.3 Å². The third-order valence-corrected chi connectivity index (χ3v) is 1.24. The Morgan fingerprint density at radius 2 is 1.69 bits per heavy atom. The fraction of sp³-hybridized carbons (Fsp3) is 0.300. The maximum atomic E-state index is 5.52. The van der Waals surface area contributed by atoms with Crippen molar-refractivity contribution in [1.29, 1.82) is 0 Å². The van der Waals surface area contributed by atoms with Crippen LogP contribution in [-0.2, 0) is 0 Å². The van der Waals surface area contributed by atoms with E-state index in [2.05, 4.69) is 18.3 Å². The standard InChI is InChI=1S/C8H13N3.C2H6/c1-4-7(6(3)9)8(5-2)11-10;1-2/h4-5H,1-2,9-10H2,3H3;1-2H3/b7-6-,11-8-;. The van der Waals surface area contributed by atoms with Crippen molar-refractivity contribution in [1.82, 2.24) is 0 Å². The van der Waals surface area contributed by atoms with Crippen molar-refractivity contribution >= 4 is 5.71 Å². The molecule has 0 aliphatic rings. The molecule has 0 fully saturated rings. The molecular weight excluding hydrogens is 162 g/mol. The normalized spacial score (nSPS) is 12.1. The highest BCUT2D eigenvalue weighted by Crippen LogP contribution is 2.03. The molecule has 0 aromatic carbocycles. The fourth-order valence-electron chi connectivity index (χ4n) is 0.700. The Bertz CT molecular complexity index is 220. The van der Waals surface area contributed by atoms with E-state index in [1.54, 1.807) is 13.0 Å². The highest BCUT2D eigenvalue weighted by Gasteiger charge is 2.00. The summed E-state index contributed by atoms with van der Waals surface area (Å²) >= 11 is 0. The molecule has 0 aliphatic carbocycles. The lowest BCUT2D eigenvalue weighted by atomic mass is 10.1. The van der Waals surface area contributed by atoms with Crippen LogP contribution < -0.4 is 11.6 Å². The second-order valence-electron chi connectivity index (χ2n) is 2.02. The highest BCUT2D eigenvalue weighted by atomic mass is 15.1. The Kier molecular flexibility index (Phi) is 9.27. The SMILES string of the molecule is C=CC(=N/N)/C(C=C)=C(/C)N.CC. The van der Waals surface area contributed by atoms with Crippen LogP contribution in [0.2, 0.25) is 0 Å². The van der Waals surface area contributed by atoms with E-state index >= 15 is 0 Å². The van der Waals surface area contributed by atoms with E-state index in [-0.39, 0.29) is 0 Å². The van der Waals surface area contributed by atoms with Crippen LogP contribution in [0.4, 0.5) is 0 Å². The number of allylic oxidation sites excluding steroid dienone is 4. The summed E-state index contributed by atoms with van der Waals surface area (Å²) in [6.45, 7) is 12.9. The zero-order valence-electron chi connectivity index (χ0n) is 8.67. The summed E-state index contributed by atoms with van der Waals surface area (Å²) in [7, 11) is 0. The molecule has 13 heavy (non-hydrogen) atoms. The van der Waals surface area contributed by atoms with Gasteiger partial charge in [-0.3, -0.25) is 0 Å². The Morgan fingerprint density at radius 3 is 1.77 bits per heavy atom. The van der Waals surface area contributed by atoms with Crippen molar-refractivity contribution < 1.29 is 0 Å². The van der Waals surface area contributed by atoms with E-state index < -0.39 is 0 Å². The lowest BCUT2D eigenvalue weighted by Gasteiger charge is -2.01. The average Bonchev–Trinajstić information content (AvgIpc) is 2.16. The van der Waals surface area contributed by atoms with Gasteiger partial charge in [0.25, 0.3) is 0 Å². The minimum Gasteiger partial charge on any atom is -0.402 e. The van der Waals surface area contributed by atoms with Gasteiger partial charge in [-0.15, -0.1) is 0 Å². The third kappa shape index (κ3) is 4.85. The van der Waals surface area contributed by atoms with Gasteiger partial charge < -0.3 is 11.6 Å². The van der Waals surface area contributed by atoms with Crippen LogP contribution in [0.15, 0.2) is 41.7 Å². The molecule has 0 rings (SSSR count). The summed E-state index contributed by atoms with van der Waals surface area (Å²) < 4.78 is 0. The summed E-state index contributed by atoms with van der Waals surface area (Å²) in [6.07, 6.45) is 3.14. The first-order valence-electron chi connectivity index (χ1n) is 4.16. The van der Waals surface area contributed by atoms with Crippen LogP contribution in [0.1, 0.15) is 20.8 Å². The molecule has 74 valence electrons. The van der Waals surface area contributed by atoms with Gasteiger partial charge >= 0.3 is 0 Å². The van der Waals surface area contributed by atoms with Crippen molar-refractivity contribution in [3.8, 4) is 0 Å². The first-order chi connectivity index (χ1) is 6.17. The molecular formula is C10H19N3. The van der Waals surface area contributed by atoms with E-state index in [1.807, 2.05) is 13.8 Å². The molecule has 0 aromatic rings. The van der Waals surface area contributed by atoms with E-state index in [4.69, 9.17) is 11.6 Å². The Labute approximate surface area is 80.5 Å². The van der Waals surface area contributed by atoms with E-state index in [0.29, 0.717) is 11.4 Å². The molecule has 0 bridgehead atoms. The molecule has 0 saturated heterocycles. The molecule has 0 saturated carbocycles. The Balaban J connectivity index is 0. The maximum absolute atomic E-state index is 5.52. The summed E-state index contributed by atoms with van der Waals surface area (Å²) in [4.78, 5) is 0. The largest absolute Gasteiger partial charge is 0.402 e. The quantitative estimate of drug-likeness (QED) is 0.302. The number of nitrogens with zero attached hydrogens (tertiary/aromatic N) is 1. The topological polar surface area (TPSA) is 64.4 Å². The molecule has 4 N–H and O–H groups in total. The minimum atomic E-state index is 0.556. The van der Waals surface area contributed by atoms with Gasteiger partial charge in [0.15, 0.2) is 0 Å². The summed E-state index contributed by atoms with van der Waals surface area (Å²) in [6, 6.07) is 0. The van der Waals surface area contributed by atoms with Crippen LogP contribution in [0, 0.1) is 0 Å². The molecule has 0 heterocycles. The molecule has 0 aromatic heterocycles. The number of nitrogens with two attached hydrogens (primary N) is 2. The monoisotopic (exact) mass is 181 g/mol. The molecule has 0 unspecified atom stereocenters. The smallest absolute Gasteiger partial charge is 0.0910 e. The summed E-state index contributed by atoms with van der Waals surface area (Å²) in [5, 5.41) is 3.49. The van der Waals surface area contributed by atoms with Gasteiger partial charge in [-0.1, -0.05) is 33.1 Å². The average molecular weight is 181 g/mol. The van der Waals surface area contributed by atoms with Crippen LogP contribution in [0.5, 0.6) is 0 Å². The molecule has 0 amide bonds. The number of hydrazone groups is 1. The van der Waals surface area contributed by atoms with Crippen molar-refractivity contribution in [2.75, 3.05) is 0 Å². The second kappa shape index (κ2) is 8.59. The van der Waals surface area contributed by atoms with Gasteiger partial charge in [-0.25, -0.2) is 0 Å². The molecule has 0 aliphatic heterocycles. The van der Waals surface area contributed by atoms with Crippen LogP contribution in [-0.4, -0.2) is 5.71 Å². The van der Waals surface area contributed by atoms with E-state index in [1.165, 1.54) is 6.08 Å². The van der Waals surface area contributed by atoms with Gasteiger partial charge in [-0.2, -0.15) is 5.10 Å². The predicted molar refractivity (Wildman–Crippen MR) is 60.3 cm³/mol. The molecule has 3 nitrogen and oxygen atoms in total. The van der Waals surface area contributed by atoms with Crippen molar-refractivity contribution in [2.24, 2.45) is 16.7 Å². The molecule has 0 radical (unpaired) electrons. The van der Waals surface area contributed by atoms with Crippen molar-refractivity contribution in [2.45, 2.75) is 20.8 Å². The zero-order chi connectivity index (χ0) is 10.9. The first kappa shape index (κ1) is 14.0. The Morgan fingerprint density at radius 1 is 1.23 bits per heavy atom. The van der Waals surface area contributed by atoms with Crippen LogP contribution >= 0.6 is 0 Å². The maximum Gasteiger partial charge on any atom is 0.0910 e. The van der Waals surface area contributed by atoms with E-state index in [9.17, 15) is 0 Å². The fourth-order valence-corrected chi connectivity index (χ4v) is 0.700.